The Morgan fingerprint density at radius 3 is 2.47 bits per heavy atom. The van der Waals surface area contributed by atoms with Crippen LogP contribution in [0.4, 0.5) is 10.7 Å². The van der Waals surface area contributed by atoms with Crippen molar-refractivity contribution in [3.8, 4) is 5.75 Å². The van der Waals surface area contributed by atoms with Crippen LogP contribution in [0.15, 0.2) is 42.7 Å². The quantitative estimate of drug-likeness (QED) is 0.718. The van der Waals surface area contributed by atoms with E-state index in [9.17, 15) is 4.79 Å². The van der Waals surface area contributed by atoms with Crippen LogP contribution in [0.2, 0.25) is 0 Å². The van der Waals surface area contributed by atoms with Gasteiger partial charge in [-0.2, -0.15) is 0 Å². The van der Waals surface area contributed by atoms with Gasteiger partial charge in [0.25, 0.3) is 0 Å². The number of ether oxygens (including phenoxy) is 1. The molecule has 1 N–H and O–H groups in total. The first-order valence-electron chi connectivity index (χ1n) is 10.6. The zero-order chi connectivity index (χ0) is 21.3. The lowest BCUT2D eigenvalue weighted by Gasteiger charge is -2.35. The molecule has 1 aromatic heterocycles. The fraction of sp³-hybridized carbons (Fsp3) is 0.500. The van der Waals surface area contributed by atoms with E-state index in [0.717, 1.165) is 43.4 Å². The lowest BCUT2D eigenvalue weighted by atomic mass is 10.0. The molecule has 1 aliphatic heterocycles. The van der Waals surface area contributed by atoms with Gasteiger partial charge in [-0.3, -0.25) is 4.90 Å². The third kappa shape index (κ3) is 5.38. The summed E-state index contributed by atoms with van der Waals surface area (Å²) in [7, 11) is 1.67. The molecule has 0 unspecified atom stereocenters. The molecule has 162 valence electrons. The molecule has 0 bridgehead atoms. The number of methoxy groups -OCH3 is 1. The molecule has 8 nitrogen and oxygen atoms in total. The molecule has 1 fully saturated rings. The zero-order valence-electron chi connectivity index (χ0n) is 18.1. The first kappa shape index (κ1) is 21.8. The molecule has 8 heteroatoms. The van der Waals surface area contributed by atoms with Crippen molar-refractivity contribution in [1.29, 1.82) is 0 Å². The Balaban J connectivity index is 1.59. The van der Waals surface area contributed by atoms with Gasteiger partial charge in [-0.05, 0) is 36.9 Å². The normalized spacial score (nSPS) is 15.2. The van der Waals surface area contributed by atoms with E-state index in [2.05, 4.69) is 45.0 Å². The first-order valence-corrected chi connectivity index (χ1v) is 10.6. The summed E-state index contributed by atoms with van der Waals surface area (Å²) in [5.41, 5.74) is 1.14. The van der Waals surface area contributed by atoms with Crippen molar-refractivity contribution < 1.29 is 9.53 Å². The number of likely N-dealkylation sites (N-methyl/N-ethyl adjacent to an activating group) is 1. The van der Waals surface area contributed by atoms with Gasteiger partial charge in [-0.1, -0.05) is 26.0 Å². The summed E-state index contributed by atoms with van der Waals surface area (Å²) in [6.45, 7) is 9.41. The maximum absolute atomic E-state index is 12.8. The standard InChI is InChI=1S/C22H32N6O2/c1-4-26(5-2)20(18-8-6-9-19(16-18)30-3)17-25-22(29)28-14-12-27(13-15-28)21-23-10-7-11-24-21/h6-11,16,20H,4-5,12-15,17H2,1-3H3,(H,25,29)/t20-/m1/s1. The highest BCUT2D eigenvalue weighted by molar-refractivity contribution is 5.74. The van der Waals surface area contributed by atoms with E-state index in [0.29, 0.717) is 19.6 Å². The Morgan fingerprint density at radius 1 is 1.13 bits per heavy atom. The number of rotatable bonds is 8. The average Bonchev–Trinajstić information content (AvgIpc) is 2.82. The SMILES string of the molecule is CCN(CC)[C@H](CNC(=O)N1CCN(c2ncccn2)CC1)c1cccc(OC)c1. The van der Waals surface area contributed by atoms with Gasteiger partial charge in [-0.15, -0.1) is 0 Å². The van der Waals surface area contributed by atoms with Gasteiger partial charge in [0.15, 0.2) is 0 Å². The molecule has 1 saturated heterocycles. The Labute approximate surface area is 178 Å². The predicted molar refractivity (Wildman–Crippen MR) is 118 cm³/mol. The topological polar surface area (TPSA) is 73.8 Å². The Morgan fingerprint density at radius 2 is 1.83 bits per heavy atom. The van der Waals surface area contributed by atoms with Crippen molar-refractivity contribution in [3.05, 3.63) is 48.3 Å². The van der Waals surface area contributed by atoms with E-state index in [4.69, 9.17) is 4.74 Å². The predicted octanol–water partition coefficient (Wildman–Crippen LogP) is 2.40. The summed E-state index contributed by atoms with van der Waals surface area (Å²) in [5.74, 6) is 1.55. The molecule has 0 aliphatic carbocycles. The van der Waals surface area contributed by atoms with E-state index in [1.54, 1.807) is 19.5 Å². The van der Waals surface area contributed by atoms with E-state index >= 15 is 0 Å². The van der Waals surface area contributed by atoms with E-state index < -0.39 is 0 Å². The number of carbonyl (C=O) groups is 1. The van der Waals surface area contributed by atoms with Crippen molar-refractivity contribution in [1.82, 2.24) is 25.1 Å². The molecule has 2 amide bonds. The highest BCUT2D eigenvalue weighted by Gasteiger charge is 2.24. The van der Waals surface area contributed by atoms with Crippen LogP contribution >= 0.6 is 0 Å². The van der Waals surface area contributed by atoms with Crippen molar-refractivity contribution in [2.45, 2.75) is 19.9 Å². The Kier molecular flexibility index (Phi) is 7.84. The van der Waals surface area contributed by atoms with Crippen LogP contribution in [0.1, 0.15) is 25.5 Å². The van der Waals surface area contributed by atoms with Gasteiger partial charge in [0.2, 0.25) is 5.95 Å². The lowest BCUT2D eigenvalue weighted by molar-refractivity contribution is 0.180. The maximum atomic E-state index is 12.8. The lowest BCUT2D eigenvalue weighted by Crippen LogP contribution is -2.53. The largest absolute Gasteiger partial charge is 0.497 e. The van der Waals surface area contributed by atoms with E-state index in [1.807, 2.05) is 29.2 Å². The molecule has 0 spiro atoms. The monoisotopic (exact) mass is 412 g/mol. The first-order chi connectivity index (χ1) is 14.7. The van der Waals surface area contributed by atoms with Crippen LogP contribution < -0.4 is 15.0 Å². The summed E-state index contributed by atoms with van der Waals surface area (Å²) in [5, 5.41) is 3.15. The van der Waals surface area contributed by atoms with Crippen LogP contribution in [0.25, 0.3) is 0 Å². The molecule has 2 heterocycles. The summed E-state index contributed by atoms with van der Waals surface area (Å²) < 4.78 is 5.39. The van der Waals surface area contributed by atoms with Crippen LogP contribution in [0.3, 0.4) is 0 Å². The minimum Gasteiger partial charge on any atom is -0.497 e. The number of hydrogen-bond donors (Lipinski definition) is 1. The molecule has 0 radical (unpaired) electrons. The number of nitrogens with one attached hydrogen (secondary N) is 1. The number of aromatic nitrogens is 2. The van der Waals surface area contributed by atoms with Crippen molar-refractivity contribution in [3.63, 3.8) is 0 Å². The molecule has 1 aliphatic rings. The number of carbonyl (C=O) groups excluding carboxylic acids is 1. The number of benzene rings is 1. The fourth-order valence-electron chi connectivity index (χ4n) is 3.83. The molecular weight excluding hydrogens is 380 g/mol. The van der Waals surface area contributed by atoms with Gasteiger partial charge < -0.3 is 19.9 Å². The number of amides is 2. The minimum absolute atomic E-state index is 0.0244. The maximum Gasteiger partial charge on any atom is 0.317 e. The Hall–Kier alpha value is -2.87. The molecular formula is C22H32N6O2. The molecule has 30 heavy (non-hydrogen) atoms. The summed E-state index contributed by atoms with van der Waals surface area (Å²) in [6, 6.07) is 9.96. The van der Waals surface area contributed by atoms with Gasteiger partial charge >= 0.3 is 6.03 Å². The number of anilines is 1. The third-order valence-corrected chi connectivity index (χ3v) is 5.58. The average molecular weight is 413 g/mol. The van der Waals surface area contributed by atoms with Gasteiger partial charge in [0.05, 0.1) is 13.2 Å². The van der Waals surface area contributed by atoms with E-state index in [-0.39, 0.29) is 12.1 Å². The third-order valence-electron chi connectivity index (χ3n) is 5.58. The van der Waals surface area contributed by atoms with Gasteiger partial charge in [0, 0.05) is 45.1 Å². The van der Waals surface area contributed by atoms with Gasteiger partial charge in [0.1, 0.15) is 5.75 Å². The van der Waals surface area contributed by atoms with Crippen molar-refractivity contribution in [2.24, 2.45) is 0 Å². The highest BCUT2D eigenvalue weighted by atomic mass is 16.5. The van der Waals surface area contributed by atoms with Crippen LogP contribution in [0.5, 0.6) is 5.75 Å². The van der Waals surface area contributed by atoms with Crippen molar-refractivity contribution in [2.75, 3.05) is 57.8 Å². The van der Waals surface area contributed by atoms with Crippen LogP contribution in [0, 0.1) is 0 Å². The zero-order valence-corrected chi connectivity index (χ0v) is 18.1. The fourth-order valence-corrected chi connectivity index (χ4v) is 3.83. The van der Waals surface area contributed by atoms with Crippen LogP contribution in [-0.4, -0.2) is 78.7 Å². The second-order valence-corrected chi connectivity index (χ2v) is 7.22. The summed E-state index contributed by atoms with van der Waals surface area (Å²) in [4.78, 5) is 27.7. The number of hydrogen-bond acceptors (Lipinski definition) is 6. The second-order valence-electron chi connectivity index (χ2n) is 7.22. The molecule has 1 atom stereocenters. The molecule has 2 aromatic rings. The van der Waals surface area contributed by atoms with Gasteiger partial charge in [-0.25, -0.2) is 14.8 Å². The Bertz CT molecular complexity index is 791. The molecule has 0 saturated carbocycles. The number of nitrogens with zero attached hydrogens (tertiary/aromatic N) is 5. The number of piperazine rings is 1. The second kappa shape index (κ2) is 10.8. The smallest absolute Gasteiger partial charge is 0.317 e. The summed E-state index contributed by atoms with van der Waals surface area (Å²) >= 11 is 0. The van der Waals surface area contributed by atoms with E-state index in [1.165, 1.54) is 0 Å². The van der Waals surface area contributed by atoms with Crippen LogP contribution in [-0.2, 0) is 0 Å². The van der Waals surface area contributed by atoms with Crippen molar-refractivity contribution >= 4 is 12.0 Å². The highest BCUT2D eigenvalue weighted by Crippen LogP contribution is 2.24. The minimum atomic E-state index is -0.0244. The molecule has 1 aromatic carbocycles. The molecule has 3 rings (SSSR count). The summed E-state index contributed by atoms with van der Waals surface area (Å²) in [6.07, 6.45) is 3.49. The number of urea groups is 1.